The maximum atomic E-state index is 10.2. The van der Waals surface area contributed by atoms with Gasteiger partial charge in [-0.05, 0) is 51.4 Å². The zero-order valence-corrected chi connectivity index (χ0v) is 15.5. The largest absolute Gasteiger partial charge is 0.386 e. The molecule has 130 valence electrons. The fourth-order valence-corrected chi connectivity index (χ4v) is 3.84. The minimum absolute atomic E-state index is 0.330. The fourth-order valence-electron chi connectivity index (χ4n) is 2.80. The van der Waals surface area contributed by atoms with E-state index in [0.29, 0.717) is 16.8 Å². The lowest BCUT2D eigenvalue weighted by Gasteiger charge is -2.30. The maximum Gasteiger partial charge on any atom is 0.191 e. The zero-order valence-electron chi connectivity index (χ0n) is 13.9. The summed E-state index contributed by atoms with van der Waals surface area (Å²) in [5.41, 5.74) is 0. The molecule has 1 fully saturated rings. The second-order valence-corrected chi connectivity index (χ2v) is 7.78. The Bertz CT molecular complexity index is 508. The van der Waals surface area contributed by atoms with Crippen molar-refractivity contribution >= 4 is 28.9 Å². The summed E-state index contributed by atoms with van der Waals surface area (Å²) in [6.45, 7) is 6.41. The van der Waals surface area contributed by atoms with Crippen molar-refractivity contribution in [2.75, 3.05) is 39.8 Å². The number of hydrogen-bond donors (Lipinski definition) is 3. The summed E-state index contributed by atoms with van der Waals surface area (Å²) in [7, 11) is 2.17. The molecule has 2 unspecified atom stereocenters. The van der Waals surface area contributed by atoms with Gasteiger partial charge in [-0.3, -0.25) is 4.99 Å². The van der Waals surface area contributed by atoms with Crippen molar-refractivity contribution in [3.63, 3.8) is 0 Å². The van der Waals surface area contributed by atoms with Crippen molar-refractivity contribution < 1.29 is 5.11 Å². The molecule has 1 aliphatic rings. The summed E-state index contributed by atoms with van der Waals surface area (Å²) < 4.78 is 0.689. The van der Waals surface area contributed by atoms with Crippen molar-refractivity contribution in [2.24, 2.45) is 10.9 Å². The molecule has 0 aromatic carbocycles. The number of piperidine rings is 1. The number of nitrogens with one attached hydrogen (secondary N) is 2. The second-order valence-electron chi connectivity index (χ2n) is 6.03. The molecule has 0 radical (unpaired) electrons. The number of guanidine groups is 1. The monoisotopic (exact) mass is 358 g/mol. The molecule has 7 heteroatoms. The second kappa shape index (κ2) is 9.47. The van der Waals surface area contributed by atoms with Crippen molar-refractivity contribution in [1.82, 2.24) is 15.5 Å². The molecular weight excluding hydrogens is 332 g/mol. The Morgan fingerprint density at radius 1 is 1.52 bits per heavy atom. The Morgan fingerprint density at radius 2 is 2.35 bits per heavy atom. The van der Waals surface area contributed by atoms with Crippen LogP contribution in [0.5, 0.6) is 0 Å². The van der Waals surface area contributed by atoms with Crippen LogP contribution in [0.2, 0.25) is 4.34 Å². The van der Waals surface area contributed by atoms with Crippen LogP contribution in [0.25, 0.3) is 0 Å². The fraction of sp³-hybridized carbons (Fsp3) is 0.688. The molecule has 0 aliphatic carbocycles. The first-order valence-electron chi connectivity index (χ1n) is 8.22. The van der Waals surface area contributed by atoms with Crippen molar-refractivity contribution in [3.8, 4) is 0 Å². The van der Waals surface area contributed by atoms with Gasteiger partial charge >= 0.3 is 0 Å². The van der Waals surface area contributed by atoms with Gasteiger partial charge < -0.3 is 20.6 Å². The van der Waals surface area contributed by atoms with E-state index < -0.39 is 6.10 Å². The summed E-state index contributed by atoms with van der Waals surface area (Å²) >= 11 is 7.30. The first-order valence-corrected chi connectivity index (χ1v) is 9.42. The van der Waals surface area contributed by atoms with Gasteiger partial charge in [-0.1, -0.05) is 11.6 Å². The third-order valence-corrected chi connectivity index (χ3v) is 5.30. The molecule has 0 bridgehead atoms. The quantitative estimate of drug-likeness (QED) is 0.539. The van der Waals surface area contributed by atoms with Crippen LogP contribution in [-0.2, 0) is 0 Å². The van der Waals surface area contributed by atoms with Crippen molar-refractivity contribution in [2.45, 2.75) is 25.9 Å². The highest BCUT2D eigenvalue weighted by Gasteiger charge is 2.17. The van der Waals surface area contributed by atoms with Crippen LogP contribution in [0.4, 0.5) is 0 Å². The van der Waals surface area contributed by atoms with E-state index in [1.54, 1.807) is 6.07 Å². The summed E-state index contributed by atoms with van der Waals surface area (Å²) in [5.74, 6) is 1.42. The Hall–Kier alpha value is -0.820. The van der Waals surface area contributed by atoms with Gasteiger partial charge in [-0.2, -0.15) is 0 Å². The Morgan fingerprint density at radius 3 is 3.00 bits per heavy atom. The number of aliphatic imine (C=N–C) groups is 1. The summed E-state index contributed by atoms with van der Waals surface area (Å²) in [5, 5.41) is 16.8. The van der Waals surface area contributed by atoms with Gasteiger partial charge in [0.2, 0.25) is 0 Å². The molecule has 1 aliphatic heterocycles. The predicted octanol–water partition coefficient (Wildman–Crippen LogP) is 2.33. The summed E-state index contributed by atoms with van der Waals surface area (Å²) in [4.78, 5) is 7.73. The standard InChI is InChI=1S/C16H27ClN4OS/c1-3-18-16(19-9-12-5-4-8-21(2)11-12)20-10-13(22)14-6-7-15(17)23-14/h6-7,12-13,22H,3-5,8-11H2,1-2H3,(H2,18,19,20). The van der Waals surface area contributed by atoms with E-state index in [2.05, 4.69) is 27.6 Å². The summed E-state index contributed by atoms with van der Waals surface area (Å²) in [6, 6.07) is 3.66. The average molecular weight is 359 g/mol. The minimum Gasteiger partial charge on any atom is -0.386 e. The Labute approximate surface area is 147 Å². The molecule has 1 aromatic rings. The third-order valence-electron chi connectivity index (χ3n) is 3.97. The third kappa shape index (κ3) is 6.30. The normalized spacial score (nSPS) is 21.2. The number of rotatable bonds is 6. The lowest BCUT2D eigenvalue weighted by atomic mass is 9.99. The number of aliphatic hydroxyl groups is 1. The van der Waals surface area contributed by atoms with Crippen LogP contribution in [0.3, 0.4) is 0 Å². The predicted molar refractivity (Wildman–Crippen MR) is 98.5 cm³/mol. The molecule has 2 heterocycles. The van der Waals surface area contributed by atoms with E-state index in [-0.39, 0.29) is 0 Å². The lowest BCUT2D eigenvalue weighted by molar-refractivity contribution is 0.190. The molecule has 0 spiro atoms. The van der Waals surface area contributed by atoms with Crippen LogP contribution in [0.15, 0.2) is 17.1 Å². The summed E-state index contributed by atoms with van der Waals surface area (Å²) in [6.07, 6.45) is 1.91. The van der Waals surface area contributed by atoms with Gasteiger partial charge in [0.15, 0.2) is 5.96 Å². The van der Waals surface area contributed by atoms with Gasteiger partial charge in [0, 0.05) is 24.5 Å². The smallest absolute Gasteiger partial charge is 0.191 e. The lowest BCUT2D eigenvalue weighted by Crippen LogP contribution is -2.43. The van der Waals surface area contributed by atoms with Gasteiger partial charge in [0.05, 0.1) is 10.9 Å². The molecule has 3 N–H and O–H groups in total. The zero-order chi connectivity index (χ0) is 16.7. The highest BCUT2D eigenvalue weighted by Crippen LogP contribution is 2.26. The molecule has 1 aromatic heterocycles. The van der Waals surface area contributed by atoms with Crippen LogP contribution >= 0.6 is 22.9 Å². The maximum absolute atomic E-state index is 10.2. The SMILES string of the molecule is CCNC(=NCC(O)c1ccc(Cl)s1)NCC1CCCN(C)C1. The van der Waals surface area contributed by atoms with E-state index in [1.807, 2.05) is 13.0 Å². The van der Waals surface area contributed by atoms with E-state index in [0.717, 1.165) is 30.5 Å². The van der Waals surface area contributed by atoms with E-state index in [9.17, 15) is 5.11 Å². The van der Waals surface area contributed by atoms with Crippen molar-refractivity contribution in [3.05, 3.63) is 21.3 Å². The molecule has 2 atom stereocenters. The van der Waals surface area contributed by atoms with Crippen LogP contribution in [0, 0.1) is 5.92 Å². The molecule has 23 heavy (non-hydrogen) atoms. The van der Waals surface area contributed by atoms with Gasteiger partial charge in [0.25, 0.3) is 0 Å². The number of halogens is 1. The number of aliphatic hydroxyl groups excluding tert-OH is 1. The van der Waals surface area contributed by atoms with Crippen molar-refractivity contribution in [1.29, 1.82) is 0 Å². The van der Waals surface area contributed by atoms with E-state index in [4.69, 9.17) is 11.6 Å². The number of likely N-dealkylation sites (tertiary alicyclic amines) is 1. The molecule has 0 amide bonds. The minimum atomic E-state index is -0.608. The van der Waals surface area contributed by atoms with Gasteiger partial charge in [0.1, 0.15) is 6.10 Å². The van der Waals surface area contributed by atoms with Crippen LogP contribution < -0.4 is 10.6 Å². The number of hydrogen-bond acceptors (Lipinski definition) is 4. The molecular formula is C16H27ClN4OS. The first kappa shape index (κ1) is 18.5. The van der Waals surface area contributed by atoms with Gasteiger partial charge in [-0.25, -0.2) is 0 Å². The Balaban J connectivity index is 1.84. The van der Waals surface area contributed by atoms with Crippen LogP contribution in [0.1, 0.15) is 30.7 Å². The topological polar surface area (TPSA) is 59.9 Å². The molecule has 2 rings (SSSR count). The number of nitrogens with zero attached hydrogens (tertiary/aromatic N) is 2. The highest BCUT2D eigenvalue weighted by molar-refractivity contribution is 7.16. The van der Waals surface area contributed by atoms with Crippen LogP contribution in [-0.4, -0.2) is 55.7 Å². The Kier molecular flexibility index (Phi) is 7.62. The molecule has 0 saturated carbocycles. The average Bonchev–Trinajstić information content (AvgIpc) is 2.96. The first-order chi connectivity index (χ1) is 11.1. The number of thiophene rings is 1. The van der Waals surface area contributed by atoms with E-state index in [1.165, 1.54) is 30.7 Å². The molecule has 1 saturated heterocycles. The highest BCUT2D eigenvalue weighted by atomic mass is 35.5. The van der Waals surface area contributed by atoms with E-state index >= 15 is 0 Å². The van der Waals surface area contributed by atoms with Gasteiger partial charge in [-0.15, -0.1) is 11.3 Å². The molecule has 5 nitrogen and oxygen atoms in total.